The quantitative estimate of drug-likeness (QED) is 0.400. The van der Waals surface area contributed by atoms with Crippen LogP contribution in [-0.4, -0.2) is 29.5 Å². The van der Waals surface area contributed by atoms with Gasteiger partial charge >= 0.3 is 6.18 Å². The molecule has 2 aromatic carbocycles. The molecule has 2 heterocycles. The Kier molecular flexibility index (Phi) is 7.21. The van der Waals surface area contributed by atoms with Gasteiger partial charge in [-0.05, 0) is 48.7 Å². The van der Waals surface area contributed by atoms with Crippen molar-refractivity contribution in [1.29, 1.82) is 0 Å². The van der Waals surface area contributed by atoms with E-state index in [1.807, 2.05) is 0 Å². The topological polar surface area (TPSA) is 45.2 Å². The van der Waals surface area contributed by atoms with Crippen molar-refractivity contribution in [2.75, 3.05) is 13.2 Å². The van der Waals surface area contributed by atoms with Gasteiger partial charge in [0.15, 0.2) is 5.60 Å². The number of hydrogen-bond donors (Lipinski definition) is 2. The van der Waals surface area contributed by atoms with Gasteiger partial charge in [0.2, 0.25) is 0 Å². The first-order chi connectivity index (χ1) is 14.6. The molecule has 1 aromatic heterocycles. The molecule has 4 rings (SSSR count). The number of H-pyrrole nitrogens is 1. The lowest BCUT2D eigenvalue weighted by atomic mass is 9.77. The van der Waals surface area contributed by atoms with Gasteiger partial charge in [0.25, 0.3) is 0 Å². The standard InChI is InChI=1S/C18H13Cl2F4NO.C4H8O/c1-9(12-4-2-10(19)6-15(12)20)17(26,18(22,23)24)14-8-25-16-5-3-11(21)7-13(14)16;1-2-4-5-3-1/h2-9,25-26H,1H3;1-4H2. The molecule has 1 aliphatic rings. The van der Waals surface area contributed by atoms with Gasteiger partial charge < -0.3 is 14.8 Å². The zero-order valence-corrected chi connectivity index (χ0v) is 18.1. The van der Waals surface area contributed by atoms with E-state index in [-0.39, 0.29) is 26.5 Å². The Morgan fingerprint density at radius 2 is 1.74 bits per heavy atom. The fraction of sp³-hybridized carbons (Fsp3) is 0.364. The minimum absolute atomic E-state index is 0.00121. The average molecular weight is 478 g/mol. The van der Waals surface area contributed by atoms with E-state index in [4.69, 9.17) is 27.9 Å². The Morgan fingerprint density at radius 1 is 1.06 bits per heavy atom. The van der Waals surface area contributed by atoms with Crippen LogP contribution in [-0.2, 0) is 10.3 Å². The van der Waals surface area contributed by atoms with Gasteiger partial charge in [-0.3, -0.25) is 0 Å². The molecule has 0 radical (unpaired) electrons. The third-order valence-electron chi connectivity index (χ3n) is 5.37. The van der Waals surface area contributed by atoms with Crippen molar-refractivity contribution in [3.63, 3.8) is 0 Å². The zero-order chi connectivity index (χ0) is 22.8. The van der Waals surface area contributed by atoms with E-state index in [1.54, 1.807) is 0 Å². The number of aromatic amines is 1. The van der Waals surface area contributed by atoms with Crippen LogP contribution in [0.2, 0.25) is 10.0 Å². The Labute approximate surface area is 186 Å². The number of rotatable bonds is 3. The summed E-state index contributed by atoms with van der Waals surface area (Å²) in [6.07, 6.45) is -1.45. The molecule has 168 valence electrons. The lowest BCUT2D eigenvalue weighted by molar-refractivity contribution is -0.274. The van der Waals surface area contributed by atoms with Crippen molar-refractivity contribution >= 4 is 34.1 Å². The number of halogens is 6. The maximum absolute atomic E-state index is 14.0. The summed E-state index contributed by atoms with van der Waals surface area (Å²) in [5.74, 6) is -2.19. The highest BCUT2D eigenvalue weighted by Gasteiger charge is 2.59. The van der Waals surface area contributed by atoms with Crippen LogP contribution >= 0.6 is 23.2 Å². The van der Waals surface area contributed by atoms with E-state index in [0.717, 1.165) is 31.5 Å². The first kappa shape index (κ1) is 23.9. The van der Waals surface area contributed by atoms with Crippen molar-refractivity contribution in [2.24, 2.45) is 0 Å². The number of ether oxygens (including phenoxy) is 1. The van der Waals surface area contributed by atoms with E-state index >= 15 is 0 Å². The average Bonchev–Trinajstić information content (AvgIpc) is 3.39. The Hall–Kier alpha value is -1.80. The number of aromatic nitrogens is 1. The molecule has 0 saturated carbocycles. The summed E-state index contributed by atoms with van der Waals surface area (Å²) >= 11 is 11.9. The lowest BCUT2D eigenvalue weighted by Crippen LogP contribution is -2.46. The Bertz CT molecular complexity index is 1040. The molecular formula is C22H21Cl2F4NO2. The summed E-state index contributed by atoms with van der Waals surface area (Å²) in [6.45, 7) is 3.21. The molecule has 2 atom stereocenters. The molecule has 1 saturated heterocycles. The fourth-order valence-electron chi connectivity index (χ4n) is 3.63. The second-order valence-corrected chi connectivity index (χ2v) is 8.21. The van der Waals surface area contributed by atoms with Gasteiger partial charge in [-0.25, -0.2) is 4.39 Å². The van der Waals surface area contributed by atoms with Crippen molar-refractivity contribution in [3.05, 3.63) is 69.6 Å². The summed E-state index contributed by atoms with van der Waals surface area (Å²) < 4.78 is 60.6. The molecule has 9 heteroatoms. The van der Waals surface area contributed by atoms with Crippen LogP contribution in [0.3, 0.4) is 0 Å². The smallest absolute Gasteiger partial charge is 0.381 e. The van der Waals surface area contributed by atoms with Gasteiger partial charge in [-0.1, -0.05) is 36.2 Å². The fourth-order valence-corrected chi connectivity index (χ4v) is 4.20. The number of hydrogen-bond acceptors (Lipinski definition) is 2. The molecule has 2 unspecified atom stereocenters. The molecular weight excluding hydrogens is 457 g/mol. The summed E-state index contributed by atoms with van der Waals surface area (Å²) in [7, 11) is 0. The predicted octanol–water partition coefficient (Wildman–Crippen LogP) is 6.96. The predicted molar refractivity (Wildman–Crippen MR) is 113 cm³/mol. The van der Waals surface area contributed by atoms with Crippen molar-refractivity contribution < 1.29 is 27.4 Å². The Balaban J connectivity index is 0.000000478. The third-order valence-corrected chi connectivity index (χ3v) is 5.93. The molecule has 0 bridgehead atoms. The van der Waals surface area contributed by atoms with Gasteiger partial charge in [0.1, 0.15) is 5.82 Å². The molecule has 1 fully saturated rings. The third kappa shape index (κ3) is 4.85. The summed E-state index contributed by atoms with van der Waals surface area (Å²) in [4.78, 5) is 2.64. The van der Waals surface area contributed by atoms with Crippen LogP contribution < -0.4 is 0 Å². The van der Waals surface area contributed by atoms with E-state index < -0.39 is 29.1 Å². The number of nitrogens with one attached hydrogen (secondary N) is 1. The molecule has 3 nitrogen and oxygen atoms in total. The SMILES string of the molecule is C1CCOC1.CC(c1ccc(Cl)cc1Cl)C(O)(c1c[nH]c2ccc(F)cc12)C(F)(F)F. The Morgan fingerprint density at radius 3 is 2.29 bits per heavy atom. The minimum Gasteiger partial charge on any atom is -0.381 e. The van der Waals surface area contributed by atoms with Crippen LogP contribution in [0.15, 0.2) is 42.6 Å². The lowest BCUT2D eigenvalue weighted by Gasteiger charge is -2.36. The number of alkyl halides is 3. The molecule has 0 spiro atoms. The monoisotopic (exact) mass is 477 g/mol. The largest absolute Gasteiger partial charge is 0.422 e. The number of fused-ring (bicyclic) bond motifs is 1. The van der Waals surface area contributed by atoms with Gasteiger partial charge in [0.05, 0.1) is 0 Å². The number of aliphatic hydroxyl groups is 1. The van der Waals surface area contributed by atoms with Crippen LogP contribution in [0.25, 0.3) is 10.9 Å². The van der Waals surface area contributed by atoms with E-state index in [9.17, 15) is 22.7 Å². The normalized spacial score (nSPS) is 17.2. The van der Waals surface area contributed by atoms with Gasteiger partial charge in [-0.15, -0.1) is 0 Å². The van der Waals surface area contributed by atoms with Crippen LogP contribution in [0.1, 0.15) is 36.8 Å². The van der Waals surface area contributed by atoms with Crippen LogP contribution in [0.5, 0.6) is 0 Å². The van der Waals surface area contributed by atoms with Crippen molar-refractivity contribution in [1.82, 2.24) is 4.98 Å². The van der Waals surface area contributed by atoms with E-state index in [1.165, 1.54) is 44.0 Å². The molecule has 1 aliphatic heterocycles. The number of benzene rings is 2. The molecule has 3 aromatic rings. The highest BCUT2D eigenvalue weighted by molar-refractivity contribution is 6.35. The summed E-state index contributed by atoms with van der Waals surface area (Å²) in [5.41, 5.74) is -3.42. The second kappa shape index (κ2) is 9.36. The highest BCUT2D eigenvalue weighted by Crippen LogP contribution is 2.51. The highest BCUT2D eigenvalue weighted by atomic mass is 35.5. The van der Waals surface area contributed by atoms with Crippen molar-refractivity contribution in [3.8, 4) is 0 Å². The molecule has 2 N–H and O–H groups in total. The maximum atomic E-state index is 14.0. The van der Waals surface area contributed by atoms with Crippen LogP contribution in [0.4, 0.5) is 17.6 Å². The molecule has 0 aliphatic carbocycles. The second-order valence-electron chi connectivity index (χ2n) is 7.36. The summed E-state index contributed by atoms with van der Waals surface area (Å²) in [6, 6.07) is 7.42. The van der Waals surface area contributed by atoms with Crippen LogP contribution in [0, 0.1) is 5.82 Å². The van der Waals surface area contributed by atoms with E-state index in [0.29, 0.717) is 0 Å². The van der Waals surface area contributed by atoms with Gasteiger partial charge in [0, 0.05) is 51.8 Å². The van der Waals surface area contributed by atoms with Gasteiger partial charge in [-0.2, -0.15) is 13.2 Å². The minimum atomic E-state index is -5.04. The first-order valence-electron chi connectivity index (χ1n) is 9.64. The molecule has 0 amide bonds. The molecule has 31 heavy (non-hydrogen) atoms. The first-order valence-corrected chi connectivity index (χ1v) is 10.4. The maximum Gasteiger partial charge on any atom is 0.422 e. The zero-order valence-electron chi connectivity index (χ0n) is 16.6. The summed E-state index contributed by atoms with van der Waals surface area (Å²) in [5, 5.41) is 11.1. The van der Waals surface area contributed by atoms with E-state index in [2.05, 4.69) is 4.98 Å². The van der Waals surface area contributed by atoms with Crippen molar-refractivity contribution in [2.45, 2.75) is 37.5 Å².